The molecule has 2 aromatic rings. The molecule has 0 saturated carbocycles. The summed E-state index contributed by atoms with van der Waals surface area (Å²) in [7, 11) is 0. The molecule has 2 N–H and O–H groups in total. The largest absolute Gasteiger partial charge is 0.489 e. The van der Waals surface area contributed by atoms with Crippen LogP contribution in [0.15, 0.2) is 36.7 Å². The average molecular weight is 314 g/mol. The number of carbonyl (C=O) groups excluding carboxylic acids is 1. The van der Waals surface area contributed by atoms with Crippen LogP contribution < -0.4 is 15.4 Å². The van der Waals surface area contributed by atoms with Gasteiger partial charge in [-0.25, -0.2) is 9.97 Å². The summed E-state index contributed by atoms with van der Waals surface area (Å²) < 4.78 is 5.76. The fraction of sp³-hybridized carbons (Fsp3) is 0.353. The Morgan fingerprint density at radius 1 is 1.26 bits per heavy atom. The third kappa shape index (κ3) is 4.95. The number of anilines is 2. The fourth-order valence-electron chi connectivity index (χ4n) is 1.94. The van der Waals surface area contributed by atoms with Crippen molar-refractivity contribution in [1.82, 2.24) is 15.3 Å². The first-order chi connectivity index (χ1) is 11.1. The second-order valence-electron chi connectivity index (χ2n) is 5.33. The van der Waals surface area contributed by atoms with Crippen molar-refractivity contribution in [3.8, 4) is 5.75 Å². The van der Waals surface area contributed by atoms with E-state index in [1.165, 1.54) is 6.33 Å². The Labute approximate surface area is 136 Å². The maximum atomic E-state index is 12.0. The van der Waals surface area contributed by atoms with Crippen LogP contribution in [-0.2, 0) is 0 Å². The highest BCUT2D eigenvalue weighted by Gasteiger charge is 2.10. The molecule has 1 heterocycles. The number of aromatic nitrogens is 2. The van der Waals surface area contributed by atoms with Crippen molar-refractivity contribution in [2.24, 2.45) is 0 Å². The zero-order valence-corrected chi connectivity index (χ0v) is 13.7. The van der Waals surface area contributed by atoms with Crippen molar-refractivity contribution in [3.63, 3.8) is 0 Å². The van der Waals surface area contributed by atoms with E-state index in [2.05, 4.69) is 20.6 Å². The number of nitrogens with one attached hydrogen (secondary N) is 2. The summed E-state index contributed by atoms with van der Waals surface area (Å²) in [6.07, 6.45) is 2.32. The minimum Gasteiger partial charge on any atom is -0.489 e. The number of benzene rings is 1. The summed E-state index contributed by atoms with van der Waals surface area (Å²) in [5, 5.41) is 5.97. The summed E-state index contributed by atoms with van der Waals surface area (Å²) >= 11 is 0. The molecule has 2 rings (SSSR count). The van der Waals surface area contributed by atoms with E-state index in [4.69, 9.17) is 4.74 Å². The van der Waals surface area contributed by atoms with Crippen LogP contribution in [0.4, 0.5) is 11.5 Å². The van der Waals surface area contributed by atoms with Gasteiger partial charge in [0, 0.05) is 12.6 Å². The van der Waals surface area contributed by atoms with E-state index in [1.54, 1.807) is 6.07 Å². The molecule has 0 aliphatic heterocycles. The van der Waals surface area contributed by atoms with Crippen molar-refractivity contribution in [1.29, 1.82) is 0 Å². The fourth-order valence-corrected chi connectivity index (χ4v) is 1.94. The number of ether oxygens (including phenoxy) is 1. The summed E-state index contributed by atoms with van der Waals surface area (Å²) in [5.74, 6) is 1.07. The van der Waals surface area contributed by atoms with E-state index in [1.807, 2.05) is 45.0 Å². The molecular formula is C17H22N4O2. The predicted molar refractivity (Wildman–Crippen MR) is 90.1 cm³/mol. The van der Waals surface area contributed by atoms with Gasteiger partial charge < -0.3 is 15.4 Å². The van der Waals surface area contributed by atoms with E-state index >= 15 is 0 Å². The molecule has 6 nitrogen and oxygen atoms in total. The van der Waals surface area contributed by atoms with Gasteiger partial charge in [0.05, 0.1) is 11.8 Å². The Bertz CT molecular complexity index is 659. The summed E-state index contributed by atoms with van der Waals surface area (Å²) in [5.41, 5.74) is 1.12. The van der Waals surface area contributed by atoms with Gasteiger partial charge in [-0.05, 0) is 32.4 Å². The van der Waals surface area contributed by atoms with Gasteiger partial charge in [0.1, 0.15) is 23.6 Å². The van der Waals surface area contributed by atoms with Gasteiger partial charge in [-0.15, -0.1) is 0 Å². The van der Waals surface area contributed by atoms with E-state index in [0.717, 1.165) is 17.9 Å². The molecule has 0 bridgehead atoms. The lowest BCUT2D eigenvalue weighted by Gasteiger charge is -2.15. The third-order valence-corrected chi connectivity index (χ3v) is 2.95. The number of rotatable bonds is 7. The molecule has 0 aliphatic rings. The zero-order chi connectivity index (χ0) is 16.7. The SMILES string of the molecule is CCCNC(=O)c1cc(Nc2ccccc2OC(C)C)ncn1. The Kier molecular flexibility index (Phi) is 5.91. The first-order valence-corrected chi connectivity index (χ1v) is 7.73. The molecule has 0 radical (unpaired) electrons. The van der Waals surface area contributed by atoms with Crippen molar-refractivity contribution in [2.45, 2.75) is 33.3 Å². The van der Waals surface area contributed by atoms with Crippen molar-refractivity contribution in [3.05, 3.63) is 42.4 Å². The normalized spacial score (nSPS) is 10.4. The maximum Gasteiger partial charge on any atom is 0.270 e. The van der Waals surface area contributed by atoms with Crippen LogP contribution >= 0.6 is 0 Å². The molecule has 0 saturated heterocycles. The topological polar surface area (TPSA) is 76.1 Å². The lowest BCUT2D eigenvalue weighted by Crippen LogP contribution is -2.25. The number of hydrogen-bond acceptors (Lipinski definition) is 5. The lowest BCUT2D eigenvalue weighted by atomic mass is 10.2. The summed E-state index contributed by atoms with van der Waals surface area (Å²) in [4.78, 5) is 20.1. The zero-order valence-electron chi connectivity index (χ0n) is 13.7. The van der Waals surface area contributed by atoms with Gasteiger partial charge in [0.25, 0.3) is 5.91 Å². The monoisotopic (exact) mass is 314 g/mol. The van der Waals surface area contributed by atoms with Crippen LogP contribution in [0, 0.1) is 0 Å². The van der Waals surface area contributed by atoms with Gasteiger partial charge in [0.15, 0.2) is 0 Å². The van der Waals surface area contributed by atoms with Crippen LogP contribution in [0.1, 0.15) is 37.7 Å². The number of hydrogen-bond donors (Lipinski definition) is 2. The lowest BCUT2D eigenvalue weighted by molar-refractivity contribution is 0.0948. The molecule has 0 atom stereocenters. The number of nitrogens with zero attached hydrogens (tertiary/aromatic N) is 2. The Hall–Kier alpha value is -2.63. The van der Waals surface area contributed by atoms with Crippen LogP contribution in [0.25, 0.3) is 0 Å². The van der Waals surface area contributed by atoms with E-state index in [9.17, 15) is 4.79 Å². The molecule has 6 heteroatoms. The minimum atomic E-state index is -0.205. The van der Waals surface area contributed by atoms with Gasteiger partial charge in [-0.3, -0.25) is 4.79 Å². The quantitative estimate of drug-likeness (QED) is 0.821. The Balaban J connectivity index is 2.16. The second kappa shape index (κ2) is 8.12. The smallest absolute Gasteiger partial charge is 0.270 e. The van der Waals surface area contributed by atoms with Gasteiger partial charge in [-0.2, -0.15) is 0 Å². The van der Waals surface area contributed by atoms with Gasteiger partial charge in [-0.1, -0.05) is 19.1 Å². The average Bonchev–Trinajstić information content (AvgIpc) is 2.54. The predicted octanol–water partition coefficient (Wildman–Crippen LogP) is 3.15. The van der Waals surface area contributed by atoms with Crippen LogP contribution in [0.3, 0.4) is 0 Å². The molecule has 1 aromatic heterocycles. The molecular weight excluding hydrogens is 292 g/mol. The number of amides is 1. The van der Waals surface area contributed by atoms with Crippen molar-refractivity contribution in [2.75, 3.05) is 11.9 Å². The molecule has 1 amide bonds. The van der Waals surface area contributed by atoms with Crippen molar-refractivity contribution >= 4 is 17.4 Å². The highest BCUT2D eigenvalue weighted by molar-refractivity contribution is 5.93. The summed E-state index contributed by atoms with van der Waals surface area (Å²) in [6.45, 7) is 6.56. The van der Waals surface area contributed by atoms with Crippen LogP contribution in [0.5, 0.6) is 5.75 Å². The third-order valence-electron chi connectivity index (χ3n) is 2.95. The molecule has 0 spiro atoms. The maximum absolute atomic E-state index is 12.0. The molecule has 0 aliphatic carbocycles. The molecule has 0 fully saturated rings. The molecule has 0 unspecified atom stereocenters. The summed E-state index contributed by atoms with van der Waals surface area (Å²) in [6, 6.07) is 9.23. The molecule has 1 aromatic carbocycles. The Morgan fingerprint density at radius 2 is 2.04 bits per heavy atom. The van der Waals surface area contributed by atoms with Gasteiger partial charge >= 0.3 is 0 Å². The van der Waals surface area contributed by atoms with Crippen LogP contribution in [0.2, 0.25) is 0 Å². The minimum absolute atomic E-state index is 0.0683. The first kappa shape index (κ1) is 16.7. The van der Waals surface area contributed by atoms with E-state index in [0.29, 0.717) is 18.1 Å². The van der Waals surface area contributed by atoms with Crippen LogP contribution in [-0.4, -0.2) is 28.5 Å². The highest BCUT2D eigenvalue weighted by Crippen LogP contribution is 2.27. The van der Waals surface area contributed by atoms with E-state index in [-0.39, 0.29) is 12.0 Å². The standard InChI is InChI=1S/C17H22N4O2/c1-4-9-18-17(22)14-10-16(20-11-19-14)21-13-7-5-6-8-15(13)23-12(2)3/h5-8,10-12H,4,9H2,1-3H3,(H,18,22)(H,19,20,21). The second-order valence-corrected chi connectivity index (χ2v) is 5.33. The molecule has 122 valence electrons. The highest BCUT2D eigenvalue weighted by atomic mass is 16.5. The van der Waals surface area contributed by atoms with Gasteiger partial charge in [0.2, 0.25) is 0 Å². The Morgan fingerprint density at radius 3 is 2.78 bits per heavy atom. The molecule has 23 heavy (non-hydrogen) atoms. The van der Waals surface area contributed by atoms with Crippen molar-refractivity contribution < 1.29 is 9.53 Å². The first-order valence-electron chi connectivity index (χ1n) is 7.73. The van der Waals surface area contributed by atoms with E-state index < -0.39 is 0 Å². The number of carbonyl (C=O) groups is 1. The number of para-hydroxylation sites is 2.